The van der Waals surface area contributed by atoms with Crippen LogP contribution in [0.4, 0.5) is 5.69 Å². The molecular weight excluding hydrogens is 467 g/mol. The molecule has 2 N–H and O–H groups in total. The van der Waals surface area contributed by atoms with Crippen LogP contribution in [-0.4, -0.2) is 105 Å². The first-order valence-electron chi connectivity index (χ1n) is 10.0. The molecule has 1 atom stereocenters. The molecule has 1 aromatic rings. The Hall–Kier alpha value is -1.26. The lowest BCUT2D eigenvalue weighted by atomic mass is 10.2. The van der Waals surface area contributed by atoms with E-state index in [1.807, 2.05) is 18.2 Å². The van der Waals surface area contributed by atoms with E-state index in [1.165, 1.54) is 0 Å². The first-order valence-corrected chi connectivity index (χ1v) is 10.0. The fraction of sp³-hybridized carbons (Fsp3) is 0.650. The van der Waals surface area contributed by atoms with E-state index in [1.54, 1.807) is 6.07 Å². The smallest absolute Gasteiger partial charge is 0.194 e. The Bertz CT molecular complexity index is 635. The summed E-state index contributed by atoms with van der Waals surface area (Å²) in [6.07, 6.45) is 0. The van der Waals surface area contributed by atoms with Gasteiger partial charge in [-0.15, -0.1) is 24.0 Å². The predicted octanol–water partition coefficient (Wildman–Crippen LogP) is 1.34. The van der Waals surface area contributed by atoms with E-state index in [-0.39, 0.29) is 24.0 Å². The molecule has 0 saturated carbocycles. The van der Waals surface area contributed by atoms with Crippen molar-refractivity contribution in [3.05, 3.63) is 24.3 Å². The van der Waals surface area contributed by atoms with Gasteiger partial charge >= 0.3 is 0 Å². The summed E-state index contributed by atoms with van der Waals surface area (Å²) >= 11 is 0. The minimum atomic E-state index is 0. The highest BCUT2D eigenvalue weighted by Crippen LogP contribution is 2.27. The van der Waals surface area contributed by atoms with Crippen molar-refractivity contribution in [2.45, 2.75) is 13.0 Å². The Balaban J connectivity index is 0.00000280. The third-order valence-electron chi connectivity index (χ3n) is 5.57. The Labute approximate surface area is 186 Å². The maximum absolute atomic E-state index is 10.1. The number of piperazine rings is 2. The number of rotatable bonds is 4. The number of benzene rings is 1. The number of anilines is 1. The highest BCUT2D eigenvalue weighted by Gasteiger charge is 2.24. The van der Waals surface area contributed by atoms with Gasteiger partial charge < -0.3 is 25.1 Å². The summed E-state index contributed by atoms with van der Waals surface area (Å²) < 4.78 is 0. The van der Waals surface area contributed by atoms with E-state index >= 15 is 0 Å². The van der Waals surface area contributed by atoms with Crippen molar-refractivity contribution in [2.24, 2.45) is 4.99 Å². The number of likely N-dealkylation sites (N-methyl/N-ethyl adjacent to an activating group) is 2. The van der Waals surface area contributed by atoms with Crippen molar-refractivity contribution in [3.8, 4) is 5.75 Å². The van der Waals surface area contributed by atoms with Crippen LogP contribution in [0.1, 0.15) is 6.92 Å². The van der Waals surface area contributed by atoms with Crippen molar-refractivity contribution in [3.63, 3.8) is 0 Å². The second-order valence-electron chi connectivity index (χ2n) is 7.55. The standard InChI is InChI=1S/C20H34N6O.HI/c1-4-21-20(22-15-17-16-23(2)9-10-24(17)3)26-13-11-25(12-14-26)18-7-5-6-8-19(18)27;/h5-8,17,27H,4,9-16H2,1-3H3,(H,21,22);1H. The van der Waals surface area contributed by atoms with Crippen molar-refractivity contribution in [1.29, 1.82) is 0 Å². The van der Waals surface area contributed by atoms with Crippen molar-refractivity contribution in [2.75, 3.05) is 77.9 Å². The van der Waals surface area contributed by atoms with Gasteiger partial charge in [0, 0.05) is 58.4 Å². The molecule has 2 fully saturated rings. The molecule has 1 unspecified atom stereocenters. The fourth-order valence-electron chi connectivity index (χ4n) is 3.81. The molecule has 0 aliphatic carbocycles. The summed E-state index contributed by atoms with van der Waals surface area (Å²) in [7, 11) is 4.39. The van der Waals surface area contributed by atoms with E-state index in [0.717, 1.165) is 70.5 Å². The number of aromatic hydroxyl groups is 1. The molecular formula is C20H35IN6O. The van der Waals surface area contributed by atoms with Crippen LogP contribution >= 0.6 is 24.0 Å². The zero-order valence-electron chi connectivity index (χ0n) is 17.3. The average molecular weight is 502 g/mol. The summed E-state index contributed by atoms with van der Waals surface area (Å²) in [5.74, 6) is 1.37. The summed E-state index contributed by atoms with van der Waals surface area (Å²) in [6.45, 7) is 10.7. The van der Waals surface area contributed by atoms with E-state index in [4.69, 9.17) is 4.99 Å². The lowest BCUT2D eigenvalue weighted by molar-refractivity contribution is 0.119. The van der Waals surface area contributed by atoms with Crippen LogP contribution in [0.2, 0.25) is 0 Å². The molecule has 0 spiro atoms. The normalized spacial score (nSPS) is 22.1. The van der Waals surface area contributed by atoms with Gasteiger partial charge in [-0.25, -0.2) is 0 Å². The van der Waals surface area contributed by atoms with Crippen molar-refractivity contribution < 1.29 is 5.11 Å². The Morgan fingerprint density at radius 2 is 1.82 bits per heavy atom. The van der Waals surface area contributed by atoms with E-state index in [0.29, 0.717) is 11.8 Å². The number of nitrogens with one attached hydrogen (secondary N) is 1. The molecule has 8 heteroatoms. The number of phenolic OH excluding ortho intramolecular Hbond substituents is 1. The summed E-state index contributed by atoms with van der Waals surface area (Å²) in [5, 5.41) is 13.6. The number of phenols is 1. The lowest BCUT2D eigenvalue weighted by Crippen LogP contribution is -2.54. The SMILES string of the molecule is CCNC(=NCC1CN(C)CCN1C)N1CCN(c2ccccc2O)CC1.I. The van der Waals surface area contributed by atoms with Crippen LogP contribution < -0.4 is 10.2 Å². The zero-order chi connectivity index (χ0) is 19.2. The second-order valence-corrected chi connectivity index (χ2v) is 7.55. The molecule has 28 heavy (non-hydrogen) atoms. The van der Waals surface area contributed by atoms with Gasteiger partial charge in [-0.05, 0) is 33.2 Å². The quantitative estimate of drug-likeness (QED) is 0.369. The molecule has 3 rings (SSSR count). The Morgan fingerprint density at radius 1 is 1.11 bits per heavy atom. The predicted molar refractivity (Wildman–Crippen MR) is 127 cm³/mol. The van der Waals surface area contributed by atoms with E-state index in [9.17, 15) is 5.11 Å². The van der Waals surface area contributed by atoms with Crippen LogP contribution in [0.25, 0.3) is 0 Å². The van der Waals surface area contributed by atoms with E-state index < -0.39 is 0 Å². The van der Waals surface area contributed by atoms with Crippen LogP contribution in [-0.2, 0) is 0 Å². The molecule has 0 amide bonds. The van der Waals surface area contributed by atoms with Gasteiger partial charge in [0.25, 0.3) is 0 Å². The Kier molecular flexibility index (Phi) is 9.10. The highest BCUT2D eigenvalue weighted by atomic mass is 127. The first kappa shape index (κ1) is 23.0. The van der Waals surface area contributed by atoms with Gasteiger partial charge in [0.15, 0.2) is 5.96 Å². The third-order valence-corrected chi connectivity index (χ3v) is 5.57. The molecule has 158 valence electrons. The Morgan fingerprint density at radius 3 is 2.50 bits per heavy atom. The largest absolute Gasteiger partial charge is 0.506 e. The second kappa shape index (κ2) is 11.1. The maximum Gasteiger partial charge on any atom is 0.194 e. The number of aliphatic imine (C=N–C) groups is 1. The van der Waals surface area contributed by atoms with Gasteiger partial charge in [-0.3, -0.25) is 9.89 Å². The van der Waals surface area contributed by atoms with Gasteiger partial charge in [-0.1, -0.05) is 12.1 Å². The molecule has 2 saturated heterocycles. The topological polar surface area (TPSA) is 57.6 Å². The first-order chi connectivity index (χ1) is 13.1. The molecule has 0 radical (unpaired) electrons. The van der Waals surface area contributed by atoms with Gasteiger partial charge in [0.2, 0.25) is 0 Å². The van der Waals surface area contributed by atoms with Crippen molar-refractivity contribution >= 4 is 35.6 Å². The summed E-state index contributed by atoms with van der Waals surface area (Å²) in [5.41, 5.74) is 0.922. The maximum atomic E-state index is 10.1. The number of guanidine groups is 1. The summed E-state index contributed by atoms with van der Waals surface area (Å²) in [6, 6.07) is 8.06. The van der Waals surface area contributed by atoms with Crippen LogP contribution in [0.5, 0.6) is 5.75 Å². The fourth-order valence-corrected chi connectivity index (χ4v) is 3.81. The number of hydrogen-bond acceptors (Lipinski definition) is 5. The number of para-hydroxylation sites is 2. The van der Waals surface area contributed by atoms with Crippen LogP contribution in [0, 0.1) is 0 Å². The van der Waals surface area contributed by atoms with Crippen LogP contribution in [0.15, 0.2) is 29.3 Å². The summed E-state index contributed by atoms with van der Waals surface area (Å²) in [4.78, 5) is 14.4. The molecule has 1 aromatic carbocycles. The molecule has 2 aliphatic rings. The molecule has 7 nitrogen and oxygen atoms in total. The molecule has 0 aromatic heterocycles. The van der Waals surface area contributed by atoms with Gasteiger partial charge in [0.05, 0.1) is 12.2 Å². The highest BCUT2D eigenvalue weighted by molar-refractivity contribution is 14.0. The number of hydrogen-bond donors (Lipinski definition) is 2. The van der Waals surface area contributed by atoms with Gasteiger partial charge in [-0.2, -0.15) is 0 Å². The molecule has 0 bridgehead atoms. The third kappa shape index (κ3) is 5.87. The van der Waals surface area contributed by atoms with Crippen molar-refractivity contribution in [1.82, 2.24) is 20.0 Å². The number of halogens is 1. The van der Waals surface area contributed by atoms with Gasteiger partial charge in [0.1, 0.15) is 5.75 Å². The average Bonchev–Trinajstić information content (AvgIpc) is 2.68. The minimum Gasteiger partial charge on any atom is -0.506 e. The lowest BCUT2D eigenvalue weighted by Gasteiger charge is -2.39. The number of nitrogens with zero attached hydrogens (tertiary/aromatic N) is 5. The van der Waals surface area contributed by atoms with Crippen LogP contribution in [0.3, 0.4) is 0 Å². The molecule has 2 heterocycles. The molecule has 2 aliphatic heterocycles. The monoisotopic (exact) mass is 502 g/mol. The minimum absolute atomic E-state index is 0. The van der Waals surface area contributed by atoms with E-state index in [2.05, 4.69) is 45.9 Å². The zero-order valence-corrected chi connectivity index (χ0v) is 19.7.